The smallest absolute Gasteiger partial charge is 0.254 e. The number of carbonyl (C=O) groups excluding carboxylic acids is 3. The number of nitriles is 1. The van der Waals surface area contributed by atoms with Gasteiger partial charge in [-0.2, -0.15) is 10.4 Å². The molecular formula is C14H10ClN5O3S. The summed E-state index contributed by atoms with van der Waals surface area (Å²) in [4.78, 5) is 36.7. The monoisotopic (exact) mass is 363 g/mol. The maximum absolute atomic E-state index is 12.5. The average molecular weight is 364 g/mol. The molecule has 0 aromatic heterocycles. The van der Waals surface area contributed by atoms with Crippen molar-refractivity contribution < 1.29 is 14.4 Å². The predicted molar refractivity (Wildman–Crippen MR) is 90.0 cm³/mol. The quantitative estimate of drug-likeness (QED) is 0.354. The van der Waals surface area contributed by atoms with Gasteiger partial charge in [-0.25, -0.2) is 5.43 Å². The number of rotatable bonds is 4. The van der Waals surface area contributed by atoms with Crippen molar-refractivity contribution in [3.8, 4) is 6.07 Å². The van der Waals surface area contributed by atoms with Crippen LogP contribution >= 0.6 is 23.8 Å². The van der Waals surface area contributed by atoms with Gasteiger partial charge in [-0.15, -0.1) is 0 Å². The Morgan fingerprint density at radius 1 is 1.46 bits per heavy atom. The van der Waals surface area contributed by atoms with Crippen molar-refractivity contribution in [3.63, 3.8) is 0 Å². The Bertz CT molecular complexity index is 772. The van der Waals surface area contributed by atoms with E-state index < -0.39 is 23.6 Å². The van der Waals surface area contributed by atoms with E-state index in [9.17, 15) is 14.4 Å². The molecule has 3 amide bonds. The number of hydrogen-bond acceptors (Lipinski definition) is 6. The van der Waals surface area contributed by atoms with Gasteiger partial charge in [-0.3, -0.25) is 19.3 Å². The third-order valence-corrected chi connectivity index (χ3v) is 3.48. The van der Waals surface area contributed by atoms with Gasteiger partial charge in [0.15, 0.2) is 11.0 Å². The molecule has 0 radical (unpaired) electrons. The van der Waals surface area contributed by atoms with Crippen LogP contribution < -0.4 is 15.6 Å². The third kappa shape index (κ3) is 3.92. The lowest BCUT2D eigenvalue weighted by atomic mass is 10.1. The Morgan fingerprint density at radius 2 is 2.12 bits per heavy atom. The molecule has 10 heteroatoms. The highest BCUT2D eigenvalue weighted by Crippen LogP contribution is 2.22. The first-order valence-electron chi connectivity index (χ1n) is 6.57. The van der Waals surface area contributed by atoms with Gasteiger partial charge in [-0.05, 0) is 36.5 Å². The van der Waals surface area contributed by atoms with Gasteiger partial charge in [-0.1, -0.05) is 11.6 Å². The van der Waals surface area contributed by atoms with Crippen LogP contribution in [0.1, 0.15) is 6.42 Å². The molecule has 1 aliphatic rings. The lowest BCUT2D eigenvalue weighted by Gasteiger charge is -2.30. The number of hydrazone groups is 1. The molecular weight excluding hydrogens is 354 g/mol. The van der Waals surface area contributed by atoms with Gasteiger partial charge in [0, 0.05) is 11.2 Å². The minimum absolute atomic E-state index is 0.0644. The van der Waals surface area contributed by atoms with Crippen LogP contribution in [0.4, 0.5) is 5.69 Å². The molecule has 1 aromatic rings. The highest BCUT2D eigenvalue weighted by Gasteiger charge is 2.38. The van der Waals surface area contributed by atoms with E-state index in [4.69, 9.17) is 29.1 Å². The fourth-order valence-electron chi connectivity index (χ4n) is 1.85. The zero-order valence-corrected chi connectivity index (χ0v) is 13.6. The zero-order valence-electron chi connectivity index (χ0n) is 12.0. The Hall–Kier alpha value is -2.83. The van der Waals surface area contributed by atoms with Gasteiger partial charge in [0.25, 0.3) is 11.8 Å². The molecule has 1 aliphatic heterocycles. The minimum atomic E-state index is -1.27. The predicted octanol–water partition coefficient (Wildman–Crippen LogP) is 0.720. The van der Waals surface area contributed by atoms with Crippen LogP contribution in [0.15, 0.2) is 29.4 Å². The van der Waals surface area contributed by atoms with Crippen LogP contribution in [0.3, 0.4) is 0 Å². The van der Waals surface area contributed by atoms with Crippen LogP contribution in [0.25, 0.3) is 0 Å². The number of halogens is 1. The van der Waals surface area contributed by atoms with Crippen LogP contribution in [-0.2, 0) is 14.4 Å². The first kappa shape index (κ1) is 17.5. The van der Waals surface area contributed by atoms with E-state index >= 15 is 0 Å². The molecule has 1 saturated heterocycles. The molecule has 8 nitrogen and oxygen atoms in total. The van der Waals surface area contributed by atoms with Gasteiger partial charge in [0.2, 0.25) is 5.91 Å². The minimum Gasteiger partial charge on any atom is -0.301 e. The second-order valence-electron chi connectivity index (χ2n) is 4.57. The molecule has 1 fully saturated rings. The number of anilines is 1. The number of carbonyl (C=O) groups is 3. The summed E-state index contributed by atoms with van der Waals surface area (Å²) in [5.74, 6) is -3.20. The van der Waals surface area contributed by atoms with Crippen molar-refractivity contribution in [1.82, 2.24) is 10.7 Å². The maximum Gasteiger partial charge on any atom is 0.254 e. The SMILES string of the molecule is N#CCC(=O)N/N=C\[C@@H]1C(=O)NC(=S)N(c2ccc(Cl)cc2)C1=O. The molecule has 0 saturated carbocycles. The first-order chi connectivity index (χ1) is 11.4. The topological polar surface area (TPSA) is 115 Å². The van der Waals surface area contributed by atoms with Gasteiger partial charge < -0.3 is 5.32 Å². The fraction of sp³-hybridized carbons (Fsp3) is 0.143. The van der Waals surface area contributed by atoms with Crippen LogP contribution in [0, 0.1) is 17.2 Å². The first-order valence-corrected chi connectivity index (χ1v) is 7.36. The number of benzene rings is 1. The van der Waals surface area contributed by atoms with Crippen molar-refractivity contribution in [2.45, 2.75) is 6.42 Å². The average Bonchev–Trinajstić information content (AvgIpc) is 2.52. The molecule has 1 atom stereocenters. The summed E-state index contributed by atoms with van der Waals surface area (Å²) in [6.07, 6.45) is 0.598. The summed E-state index contributed by atoms with van der Waals surface area (Å²) in [7, 11) is 0. The standard InChI is InChI=1S/C14H10ClN5O3S/c15-8-1-3-9(4-2-8)20-13(23)10(12(22)18-14(20)24)7-17-19-11(21)5-6-16/h1-4,7,10H,5H2,(H,19,21)(H,18,22,24)/b17-7-/t10-/m1/s1. The number of amides is 3. The van der Waals surface area contributed by atoms with E-state index in [1.165, 1.54) is 0 Å². The number of nitrogens with one attached hydrogen (secondary N) is 2. The van der Waals surface area contributed by atoms with Crippen LogP contribution in [0.2, 0.25) is 5.02 Å². The normalized spacial score (nSPS) is 17.6. The molecule has 122 valence electrons. The summed E-state index contributed by atoms with van der Waals surface area (Å²) in [6.45, 7) is 0. The third-order valence-electron chi connectivity index (χ3n) is 2.94. The largest absolute Gasteiger partial charge is 0.301 e. The van der Waals surface area contributed by atoms with Crippen molar-refractivity contribution in [1.29, 1.82) is 5.26 Å². The molecule has 0 aliphatic carbocycles. The molecule has 0 unspecified atom stereocenters. The van der Waals surface area contributed by atoms with Crippen LogP contribution in [0.5, 0.6) is 0 Å². The number of hydrogen-bond donors (Lipinski definition) is 2. The number of thiocarbonyl (C=S) groups is 1. The summed E-state index contributed by atoms with van der Waals surface area (Å²) in [5.41, 5.74) is 2.48. The second kappa shape index (κ2) is 7.63. The summed E-state index contributed by atoms with van der Waals surface area (Å²) in [6, 6.07) is 7.95. The van der Waals surface area contributed by atoms with Crippen LogP contribution in [-0.4, -0.2) is 29.0 Å². The molecule has 0 spiro atoms. The van der Waals surface area contributed by atoms with E-state index in [0.29, 0.717) is 10.7 Å². The van der Waals surface area contributed by atoms with E-state index in [-0.39, 0.29) is 11.5 Å². The zero-order chi connectivity index (χ0) is 17.7. The van der Waals surface area contributed by atoms with E-state index in [0.717, 1.165) is 11.1 Å². The lowest BCUT2D eigenvalue weighted by molar-refractivity contribution is -0.130. The number of nitrogens with zero attached hydrogens (tertiary/aromatic N) is 3. The molecule has 0 bridgehead atoms. The highest BCUT2D eigenvalue weighted by atomic mass is 35.5. The Labute approximate surface area is 147 Å². The summed E-state index contributed by atoms with van der Waals surface area (Å²) < 4.78 is 0. The Morgan fingerprint density at radius 3 is 2.75 bits per heavy atom. The van der Waals surface area contributed by atoms with E-state index in [1.54, 1.807) is 30.3 Å². The van der Waals surface area contributed by atoms with Crippen molar-refractivity contribution in [2.24, 2.45) is 11.0 Å². The maximum atomic E-state index is 12.5. The molecule has 24 heavy (non-hydrogen) atoms. The van der Waals surface area contributed by atoms with Crippen molar-refractivity contribution in [3.05, 3.63) is 29.3 Å². The van der Waals surface area contributed by atoms with E-state index in [1.807, 2.05) is 0 Å². The van der Waals surface area contributed by atoms with Gasteiger partial charge in [0.05, 0.1) is 11.8 Å². The lowest BCUT2D eigenvalue weighted by Crippen LogP contribution is -2.58. The summed E-state index contributed by atoms with van der Waals surface area (Å²) in [5, 5.41) is 14.7. The van der Waals surface area contributed by atoms with Gasteiger partial charge in [0.1, 0.15) is 6.42 Å². The molecule has 2 rings (SSSR count). The van der Waals surface area contributed by atoms with Crippen molar-refractivity contribution >= 4 is 58.6 Å². The second-order valence-corrected chi connectivity index (χ2v) is 5.39. The summed E-state index contributed by atoms with van der Waals surface area (Å²) >= 11 is 10.8. The van der Waals surface area contributed by atoms with Crippen molar-refractivity contribution in [2.75, 3.05) is 4.90 Å². The highest BCUT2D eigenvalue weighted by molar-refractivity contribution is 7.80. The molecule has 1 heterocycles. The van der Waals surface area contributed by atoms with Gasteiger partial charge >= 0.3 is 0 Å². The van der Waals surface area contributed by atoms with E-state index in [2.05, 4.69) is 15.8 Å². The molecule has 1 aromatic carbocycles. The fourth-order valence-corrected chi connectivity index (χ4v) is 2.27. The Kier molecular flexibility index (Phi) is 5.57. The molecule has 2 N–H and O–H groups in total. The Balaban J connectivity index is 2.19.